The maximum Gasteiger partial charge on any atom is 0.414 e. The lowest BCUT2D eigenvalue weighted by atomic mass is 10.1. The van der Waals surface area contributed by atoms with Crippen molar-refractivity contribution >= 4 is 22.7 Å². The second kappa shape index (κ2) is 3.80. The summed E-state index contributed by atoms with van der Waals surface area (Å²) in [6.45, 7) is 3.21. The first-order valence-corrected chi connectivity index (χ1v) is 5.84. The highest BCUT2D eigenvalue weighted by Gasteiger charge is 2.26. The van der Waals surface area contributed by atoms with Gasteiger partial charge in [-0.3, -0.25) is 4.90 Å². The van der Waals surface area contributed by atoms with Crippen molar-refractivity contribution < 1.29 is 9.53 Å². The molecule has 1 aromatic heterocycles. The maximum absolute atomic E-state index is 11.6. The molecule has 1 N–H and O–H groups in total. The summed E-state index contributed by atoms with van der Waals surface area (Å²) in [6, 6.07) is 6.08. The third kappa shape index (κ3) is 1.48. The minimum atomic E-state index is -0.245. The van der Waals surface area contributed by atoms with Gasteiger partial charge in [0.15, 0.2) is 0 Å². The molecule has 0 radical (unpaired) electrons. The van der Waals surface area contributed by atoms with Crippen molar-refractivity contribution in [3.05, 3.63) is 30.0 Å². The van der Waals surface area contributed by atoms with Crippen LogP contribution in [0.5, 0.6) is 0 Å². The van der Waals surface area contributed by atoms with Gasteiger partial charge in [0.05, 0.1) is 17.7 Å². The number of fused-ring (bicyclic) bond motifs is 1. The number of H-pyrrole nitrogens is 1. The lowest BCUT2D eigenvalue weighted by Gasteiger charge is -2.17. The second-order valence-corrected chi connectivity index (χ2v) is 4.12. The third-order valence-electron chi connectivity index (χ3n) is 3.22. The summed E-state index contributed by atoms with van der Waals surface area (Å²) in [7, 11) is 0. The number of carbonyl (C=O) groups is 1. The van der Waals surface area contributed by atoms with Crippen LogP contribution in [0.1, 0.15) is 12.5 Å². The SMILES string of the molecule is CCc1c(N2CCOC2=O)ccc2cc[nH]c12. The Bertz CT molecular complexity index is 574. The fourth-order valence-corrected chi connectivity index (χ4v) is 2.40. The summed E-state index contributed by atoms with van der Waals surface area (Å²) in [6.07, 6.45) is 2.57. The van der Waals surface area contributed by atoms with Crippen molar-refractivity contribution in [3.63, 3.8) is 0 Å². The van der Waals surface area contributed by atoms with E-state index in [1.165, 1.54) is 10.9 Å². The van der Waals surface area contributed by atoms with E-state index in [0.29, 0.717) is 13.2 Å². The van der Waals surface area contributed by atoms with E-state index in [-0.39, 0.29) is 6.09 Å². The highest BCUT2D eigenvalue weighted by Crippen LogP contribution is 2.30. The molecule has 1 fully saturated rings. The number of anilines is 1. The number of aromatic amines is 1. The minimum absolute atomic E-state index is 0.245. The molecule has 1 aromatic carbocycles. The number of aryl methyl sites for hydroxylation is 1. The summed E-state index contributed by atoms with van der Waals surface area (Å²) >= 11 is 0. The van der Waals surface area contributed by atoms with Gasteiger partial charge < -0.3 is 9.72 Å². The molecule has 0 saturated carbocycles. The molecule has 1 aliphatic rings. The number of aromatic nitrogens is 1. The van der Waals surface area contributed by atoms with Crippen LogP contribution in [-0.2, 0) is 11.2 Å². The number of rotatable bonds is 2. The Morgan fingerprint density at radius 2 is 2.29 bits per heavy atom. The van der Waals surface area contributed by atoms with Gasteiger partial charge in [-0.25, -0.2) is 4.79 Å². The summed E-state index contributed by atoms with van der Waals surface area (Å²) in [5.41, 5.74) is 3.25. The molecule has 0 aliphatic carbocycles. The third-order valence-corrected chi connectivity index (χ3v) is 3.22. The topological polar surface area (TPSA) is 45.3 Å². The average molecular weight is 230 g/mol. The second-order valence-electron chi connectivity index (χ2n) is 4.12. The zero-order chi connectivity index (χ0) is 11.8. The maximum atomic E-state index is 11.6. The molecular weight excluding hydrogens is 216 g/mol. The number of ether oxygens (including phenoxy) is 1. The van der Waals surface area contributed by atoms with E-state index in [9.17, 15) is 4.79 Å². The Labute approximate surface area is 99.2 Å². The van der Waals surface area contributed by atoms with Crippen LogP contribution in [-0.4, -0.2) is 24.2 Å². The number of cyclic esters (lactones) is 1. The van der Waals surface area contributed by atoms with Gasteiger partial charge in [0.25, 0.3) is 0 Å². The molecule has 4 nitrogen and oxygen atoms in total. The van der Waals surface area contributed by atoms with Crippen molar-refractivity contribution in [2.24, 2.45) is 0 Å². The molecule has 0 unspecified atom stereocenters. The first-order chi connectivity index (χ1) is 8.31. The monoisotopic (exact) mass is 230 g/mol. The molecule has 2 aromatic rings. The number of amides is 1. The van der Waals surface area contributed by atoms with Crippen molar-refractivity contribution in [3.8, 4) is 0 Å². The lowest BCUT2D eigenvalue weighted by Crippen LogP contribution is -2.24. The first-order valence-electron chi connectivity index (χ1n) is 5.84. The minimum Gasteiger partial charge on any atom is -0.447 e. The van der Waals surface area contributed by atoms with Gasteiger partial charge in [0.1, 0.15) is 6.61 Å². The molecule has 0 bridgehead atoms. The van der Waals surface area contributed by atoms with Crippen LogP contribution in [0.4, 0.5) is 10.5 Å². The predicted octanol–water partition coefficient (Wildman–Crippen LogP) is 2.69. The summed E-state index contributed by atoms with van der Waals surface area (Å²) < 4.78 is 4.99. The van der Waals surface area contributed by atoms with Crippen molar-refractivity contribution in [1.82, 2.24) is 4.98 Å². The van der Waals surface area contributed by atoms with Gasteiger partial charge in [-0.05, 0) is 29.5 Å². The number of benzene rings is 1. The van der Waals surface area contributed by atoms with Gasteiger partial charge in [-0.2, -0.15) is 0 Å². The molecule has 17 heavy (non-hydrogen) atoms. The summed E-state index contributed by atoms with van der Waals surface area (Å²) in [5, 5.41) is 1.18. The number of hydrogen-bond acceptors (Lipinski definition) is 2. The number of nitrogens with one attached hydrogen (secondary N) is 1. The van der Waals surface area contributed by atoms with E-state index in [1.54, 1.807) is 4.90 Å². The molecule has 2 heterocycles. The largest absolute Gasteiger partial charge is 0.447 e. The molecule has 1 saturated heterocycles. The van der Waals surface area contributed by atoms with E-state index in [0.717, 1.165) is 17.6 Å². The molecule has 1 aliphatic heterocycles. The Morgan fingerprint density at radius 1 is 1.41 bits per heavy atom. The fourth-order valence-electron chi connectivity index (χ4n) is 2.40. The quantitative estimate of drug-likeness (QED) is 0.862. The smallest absolute Gasteiger partial charge is 0.414 e. The predicted molar refractivity (Wildman–Crippen MR) is 66.4 cm³/mol. The van der Waals surface area contributed by atoms with Crippen LogP contribution in [0.2, 0.25) is 0 Å². The number of carbonyl (C=O) groups excluding carboxylic acids is 1. The normalized spacial score (nSPS) is 15.6. The average Bonchev–Trinajstić information content (AvgIpc) is 2.95. The van der Waals surface area contributed by atoms with Crippen molar-refractivity contribution in [2.75, 3.05) is 18.1 Å². The zero-order valence-electron chi connectivity index (χ0n) is 9.69. The fraction of sp³-hybridized carbons (Fsp3) is 0.308. The van der Waals surface area contributed by atoms with Crippen LogP contribution in [0, 0.1) is 0 Å². The zero-order valence-corrected chi connectivity index (χ0v) is 9.69. The van der Waals surface area contributed by atoms with Crippen molar-refractivity contribution in [2.45, 2.75) is 13.3 Å². The van der Waals surface area contributed by atoms with Crippen LogP contribution < -0.4 is 4.90 Å². The molecule has 4 heteroatoms. The molecule has 1 amide bonds. The highest BCUT2D eigenvalue weighted by atomic mass is 16.6. The lowest BCUT2D eigenvalue weighted by molar-refractivity contribution is 0.181. The number of nitrogens with zero attached hydrogens (tertiary/aromatic N) is 1. The van der Waals surface area contributed by atoms with E-state index >= 15 is 0 Å². The molecular formula is C13H14N2O2. The van der Waals surface area contributed by atoms with Crippen LogP contribution >= 0.6 is 0 Å². The van der Waals surface area contributed by atoms with Crippen LogP contribution in [0.15, 0.2) is 24.4 Å². The standard InChI is InChI=1S/C13H14N2O2/c1-2-10-11(15-7-8-17-13(15)16)4-3-9-5-6-14-12(9)10/h3-6,14H,2,7-8H2,1H3. The van der Waals surface area contributed by atoms with Crippen molar-refractivity contribution in [1.29, 1.82) is 0 Å². The Hall–Kier alpha value is -1.97. The van der Waals surface area contributed by atoms with Gasteiger partial charge in [0, 0.05) is 6.20 Å². The van der Waals surface area contributed by atoms with E-state index in [2.05, 4.69) is 11.9 Å². The summed E-state index contributed by atoms with van der Waals surface area (Å²) in [4.78, 5) is 16.6. The summed E-state index contributed by atoms with van der Waals surface area (Å²) in [5.74, 6) is 0. The molecule has 3 rings (SSSR count). The van der Waals surface area contributed by atoms with Gasteiger partial charge >= 0.3 is 6.09 Å². The first kappa shape index (κ1) is 10.2. The van der Waals surface area contributed by atoms with Gasteiger partial charge in [-0.15, -0.1) is 0 Å². The Balaban J connectivity index is 2.18. The van der Waals surface area contributed by atoms with Gasteiger partial charge in [0.2, 0.25) is 0 Å². The molecule has 0 spiro atoms. The van der Waals surface area contributed by atoms with Gasteiger partial charge in [-0.1, -0.05) is 13.0 Å². The highest BCUT2D eigenvalue weighted by molar-refractivity contribution is 5.95. The van der Waals surface area contributed by atoms with E-state index in [4.69, 9.17) is 4.74 Å². The van der Waals surface area contributed by atoms with E-state index in [1.807, 2.05) is 24.4 Å². The van der Waals surface area contributed by atoms with E-state index < -0.39 is 0 Å². The Kier molecular flexibility index (Phi) is 2.28. The van der Waals surface area contributed by atoms with Crippen LogP contribution in [0.3, 0.4) is 0 Å². The molecule has 0 atom stereocenters. The number of hydrogen-bond donors (Lipinski definition) is 1. The Morgan fingerprint density at radius 3 is 3.00 bits per heavy atom. The van der Waals surface area contributed by atoms with Crippen LogP contribution in [0.25, 0.3) is 10.9 Å². The molecule has 88 valence electrons.